The third kappa shape index (κ3) is 1.93. The molecular weight excluding hydrogens is 222 g/mol. The summed E-state index contributed by atoms with van der Waals surface area (Å²) in [4.78, 5) is 13.7. The first-order chi connectivity index (χ1) is 8.04. The van der Waals surface area contributed by atoms with Crippen molar-refractivity contribution < 1.29 is 9.53 Å². The van der Waals surface area contributed by atoms with E-state index >= 15 is 0 Å². The van der Waals surface area contributed by atoms with E-state index in [0.717, 1.165) is 13.0 Å². The van der Waals surface area contributed by atoms with Crippen molar-refractivity contribution >= 4 is 17.6 Å². The minimum absolute atomic E-state index is 0.115. The summed E-state index contributed by atoms with van der Waals surface area (Å²) in [7, 11) is 3.02. The number of esters is 1. The van der Waals surface area contributed by atoms with Crippen LogP contribution >= 0.6 is 0 Å². The molecule has 1 saturated heterocycles. The van der Waals surface area contributed by atoms with Crippen molar-refractivity contribution in [1.82, 2.24) is 9.78 Å². The number of hydrogen-bond donors (Lipinski definition) is 2. The average Bonchev–Trinajstić information content (AvgIpc) is 2.84. The van der Waals surface area contributed by atoms with E-state index in [9.17, 15) is 4.79 Å². The minimum Gasteiger partial charge on any atom is -0.465 e. The Morgan fingerprint density at radius 3 is 2.82 bits per heavy atom. The number of carbonyl (C=O) groups excluding carboxylic acids is 1. The van der Waals surface area contributed by atoms with Crippen LogP contribution in [0, 0.1) is 0 Å². The van der Waals surface area contributed by atoms with Gasteiger partial charge in [0.2, 0.25) is 0 Å². The SMILES string of the molecule is COC(=O)c1c(N2CCC(N)C2)nn(C)c1N. The zero-order valence-corrected chi connectivity index (χ0v) is 10.0. The van der Waals surface area contributed by atoms with E-state index in [1.807, 2.05) is 4.90 Å². The molecule has 1 aromatic rings. The fraction of sp³-hybridized carbons (Fsp3) is 0.600. The lowest BCUT2D eigenvalue weighted by Gasteiger charge is -2.15. The molecule has 4 N–H and O–H groups in total. The Morgan fingerprint density at radius 1 is 1.59 bits per heavy atom. The molecule has 1 fully saturated rings. The number of carbonyl (C=O) groups is 1. The molecule has 0 spiro atoms. The van der Waals surface area contributed by atoms with Gasteiger partial charge in [0.15, 0.2) is 5.82 Å². The predicted molar refractivity (Wildman–Crippen MR) is 63.8 cm³/mol. The van der Waals surface area contributed by atoms with E-state index in [2.05, 4.69) is 5.10 Å². The number of nitrogen functional groups attached to an aromatic ring is 1. The molecule has 17 heavy (non-hydrogen) atoms. The highest BCUT2D eigenvalue weighted by Gasteiger charge is 2.29. The van der Waals surface area contributed by atoms with Crippen LogP contribution in [-0.2, 0) is 11.8 Å². The molecule has 0 amide bonds. The first kappa shape index (κ1) is 11.7. The van der Waals surface area contributed by atoms with Crippen molar-refractivity contribution in [2.24, 2.45) is 12.8 Å². The van der Waals surface area contributed by atoms with Gasteiger partial charge in [-0.2, -0.15) is 5.10 Å². The lowest BCUT2D eigenvalue weighted by molar-refractivity contribution is 0.0602. The second-order valence-corrected chi connectivity index (χ2v) is 4.19. The second-order valence-electron chi connectivity index (χ2n) is 4.19. The minimum atomic E-state index is -0.467. The highest BCUT2D eigenvalue weighted by molar-refractivity contribution is 5.99. The van der Waals surface area contributed by atoms with E-state index < -0.39 is 5.97 Å². The fourth-order valence-corrected chi connectivity index (χ4v) is 2.02. The van der Waals surface area contributed by atoms with Crippen LogP contribution in [0.4, 0.5) is 11.6 Å². The zero-order valence-electron chi connectivity index (χ0n) is 10.0. The van der Waals surface area contributed by atoms with E-state index in [0.29, 0.717) is 23.7 Å². The first-order valence-corrected chi connectivity index (χ1v) is 5.46. The smallest absolute Gasteiger partial charge is 0.345 e. The molecule has 2 heterocycles. The third-order valence-corrected chi connectivity index (χ3v) is 2.99. The van der Waals surface area contributed by atoms with Crippen molar-refractivity contribution in [3.8, 4) is 0 Å². The number of hydrogen-bond acceptors (Lipinski definition) is 6. The Morgan fingerprint density at radius 2 is 2.29 bits per heavy atom. The molecule has 0 aliphatic carbocycles. The van der Waals surface area contributed by atoms with E-state index in [4.69, 9.17) is 16.2 Å². The van der Waals surface area contributed by atoms with E-state index in [-0.39, 0.29) is 6.04 Å². The summed E-state index contributed by atoms with van der Waals surface area (Å²) >= 11 is 0. The Kier molecular flexibility index (Phi) is 2.93. The monoisotopic (exact) mass is 239 g/mol. The standard InChI is InChI=1S/C10H17N5O2/c1-14-8(12)7(10(16)17-2)9(13-14)15-4-3-6(11)5-15/h6H,3-5,11-12H2,1-2H3. The van der Waals surface area contributed by atoms with Gasteiger partial charge >= 0.3 is 5.97 Å². The quantitative estimate of drug-likeness (QED) is 0.664. The number of methoxy groups -OCH3 is 1. The van der Waals surface area contributed by atoms with Gasteiger partial charge in [0.05, 0.1) is 7.11 Å². The lowest BCUT2D eigenvalue weighted by Crippen LogP contribution is -2.27. The highest BCUT2D eigenvalue weighted by Crippen LogP contribution is 2.27. The van der Waals surface area contributed by atoms with Crippen LogP contribution < -0.4 is 16.4 Å². The van der Waals surface area contributed by atoms with Crippen LogP contribution in [0.2, 0.25) is 0 Å². The molecule has 1 aromatic heterocycles. The Labute approximate surface area is 99.3 Å². The molecule has 94 valence electrons. The van der Waals surface area contributed by atoms with Gasteiger partial charge in [-0.15, -0.1) is 0 Å². The largest absolute Gasteiger partial charge is 0.465 e. The van der Waals surface area contributed by atoms with E-state index in [1.165, 1.54) is 11.8 Å². The van der Waals surface area contributed by atoms with Gasteiger partial charge in [-0.25, -0.2) is 4.79 Å². The summed E-state index contributed by atoms with van der Waals surface area (Å²) in [6, 6.07) is 0.115. The maximum atomic E-state index is 11.7. The van der Waals surface area contributed by atoms with Gasteiger partial charge in [-0.1, -0.05) is 0 Å². The van der Waals surface area contributed by atoms with Crippen LogP contribution in [-0.4, -0.2) is 42.0 Å². The molecule has 7 nitrogen and oxygen atoms in total. The van der Waals surface area contributed by atoms with Crippen molar-refractivity contribution in [3.05, 3.63) is 5.56 Å². The molecule has 1 atom stereocenters. The summed E-state index contributed by atoms with van der Waals surface area (Å²) in [5.41, 5.74) is 12.0. The van der Waals surface area contributed by atoms with Gasteiger partial charge < -0.3 is 21.1 Å². The Balaban J connectivity index is 2.39. The maximum Gasteiger partial charge on any atom is 0.345 e. The third-order valence-electron chi connectivity index (χ3n) is 2.99. The number of aryl methyl sites for hydroxylation is 1. The molecular formula is C10H17N5O2. The van der Waals surface area contributed by atoms with Crippen LogP contribution in [0.25, 0.3) is 0 Å². The van der Waals surface area contributed by atoms with Crippen molar-refractivity contribution in [1.29, 1.82) is 0 Å². The molecule has 7 heteroatoms. The van der Waals surface area contributed by atoms with Gasteiger partial charge in [0.25, 0.3) is 0 Å². The highest BCUT2D eigenvalue weighted by atomic mass is 16.5. The van der Waals surface area contributed by atoms with Gasteiger partial charge in [0.1, 0.15) is 11.4 Å². The second kappa shape index (κ2) is 4.25. The van der Waals surface area contributed by atoms with Gasteiger partial charge in [-0.05, 0) is 6.42 Å². The number of aromatic nitrogens is 2. The van der Waals surface area contributed by atoms with Crippen LogP contribution in [0.15, 0.2) is 0 Å². The molecule has 0 aromatic carbocycles. The number of nitrogens with zero attached hydrogens (tertiary/aromatic N) is 3. The summed E-state index contributed by atoms with van der Waals surface area (Å²) < 4.78 is 6.20. The van der Waals surface area contributed by atoms with Crippen molar-refractivity contribution in [2.75, 3.05) is 30.8 Å². The molecule has 1 aliphatic rings. The predicted octanol–water partition coefficient (Wildman–Crippen LogP) is -0.674. The van der Waals surface area contributed by atoms with Crippen LogP contribution in [0.3, 0.4) is 0 Å². The number of nitrogens with two attached hydrogens (primary N) is 2. The van der Waals surface area contributed by atoms with Crippen LogP contribution in [0.5, 0.6) is 0 Å². The number of anilines is 2. The molecule has 0 bridgehead atoms. The zero-order chi connectivity index (χ0) is 12.6. The number of ether oxygens (including phenoxy) is 1. The maximum absolute atomic E-state index is 11.7. The Hall–Kier alpha value is -1.76. The normalized spacial score (nSPS) is 19.7. The fourth-order valence-electron chi connectivity index (χ4n) is 2.02. The average molecular weight is 239 g/mol. The number of rotatable bonds is 2. The molecule has 2 rings (SSSR count). The summed E-state index contributed by atoms with van der Waals surface area (Å²) in [5.74, 6) is 0.406. The van der Waals surface area contributed by atoms with Crippen molar-refractivity contribution in [2.45, 2.75) is 12.5 Å². The molecule has 0 saturated carbocycles. The molecule has 1 unspecified atom stereocenters. The lowest BCUT2D eigenvalue weighted by atomic mass is 10.3. The summed E-state index contributed by atoms with van der Waals surface area (Å²) in [5, 5.41) is 4.26. The van der Waals surface area contributed by atoms with Crippen molar-refractivity contribution in [3.63, 3.8) is 0 Å². The molecule has 0 radical (unpaired) electrons. The topological polar surface area (TPSA) is 99.4 Å². The summed E-state index contributed by atoms with van der Waals surface area (Å²) in [6.07, 6.45) is 0.886. The van der Waals surface area contributed by atoms with Gasteiger partial charge in [-0.3, -0.25) is 4.68 Å². The van der Waals surface area contributed by atoms with E-state index in [1.54, 1.807) is 7.05 Å². The summed E-state index contributed by atoms with van der Waals surface area (Å²) in [6.45, 7) is 1.46. The van der Waals surface area contributed by atoms with Gasteiger partial charge in [0, 0.05) is 26.2 Å². The van der Waals surface area contributed by atoms with Crippen LogP contribution in [0.1, 0.15) is 16.8 Å². The molecule has 1 aliphatic heterocycles. The first-order valence-electron chi connectivity index (χ1n) is 5.46. The Bertz CT molecular complexity index is 442.